The molecule has 1 aliphatic carbocycles. The minimum Gasteiger partial charge on any atom is -0.472 e. The summed E-state index contributed by atoms with van der Waals surface area (Å²) in [6.07, 6.45) is 6.53. The van der Waals surface area contributed by atoms with E-state index in [1.54, 1.807) is 24.3 Å². The molecule has 0 aromatic heterocycles. The molecule has 4 heteroatoms. The van der Waals surface area contributed by atoms with Crippen molar-refractivity contribution < 1.29 is 18.7 Å². The molecule has 3 nitrogen and oxygen atoms in total. The van der Waals surface area contributed by atoms with Crippen LogP contribution in [0.5, 0.6) is 11.5 Å². The van der Waals surface area contributed by atoms with Crippen LogP contribution in [0.2, 0.25) is 0 Å². The molecule has 1 unspecified atom stereocenters. The lowest BCUT2D eigenvalue weighted by atomic mass is 9.89. The molecule has 1 saturated carbocycles. The van der Waals surface area contributed by atoms with Crippen LogP contribution in [-0.2, 0) is 0 Å². The van der Waals surface area contributed by atoms with Crippen molar-refractivity contribution in [3.63, 3.8) is 0 Å². The number of benzene rings is 2. The van der Waals surface area contributed by atoms with Crippen molar-refractivity contribution in [2.45, 2.75) is 58.0 Å². The monoisotopic (exact) mass is 394 g/mol. The van der Waals surface area contributed by atoms with Gasteiger partial charge >= 0.3 is 5.97 Å². The van der Waals surface area contributed by atoms with Crippen molar-refractivity contribution in [3.05, 3.63) is 59.9 Å². The molecular weight excluding hydrogens is 367 g/mol. The van der Waals surface area contributed by atoms with Crippen LogP contribution in [-0.4, -0.2) is 11.6 Å². The number of carbonyl (C=O) groups excluding carboxylic acids is 1. The first-order valence-electron chi connectivity index (χ1n) is 10.3. The molecule has 0 heterocycles. The summed E-state index contributed by atoms with van der Waals surface area (Å²) < 4.78 is 25.7. The van der Waals surface area contributed by atoms with E-state index in [-0.39, 0.29) is 11.3 Å². The Morgan fingerprint density at radius 3 is 2.55 bits per heavy atom. The molecule has 0 N–H and O–H groups in total. The number of ether oxygens (including phenoxy) is 2. The second-order valence-electron chi connectivity index (χ2n) is 7.64. The number of hydrogen-bond donors (Lipinski definition) is 0. The molecule has 152 valence electrons. The molecule has 0 saturated heterocycles. The van der Waals surface area contributed by atoms with Crippen molar-refractivity contribution in [1.82, 2.24) is 0 Å². The first kappa shape index (κ1) is 20.9. The van der Waals surface area contributed by atoms with E-state index in [0.29, 0.717) is 18.1 Å². The molecule has 0 amide bonds. The van der Waals surface area contributed by atoms with E-state index in [1.807, 2.05) is 19.9 Å². The fourth-order valence-corrected chi connectivity index (χ4v) is 3.29. The van der Waals surface area contributed by atoms with Gasteiger partial charge in [0, 0.05) is 5.92 Å². The summed E-state index contributed by atoms with van der Waals surface area (Å²) >= 11 is 0. The summed E-state index contributed by atoms with van der Waals surface area (Å²) in [5.41, 5.74) is -0.593. The number of esters is 1. The Morgan fingerprint density at radius 1 is 1.14 bits per heavy atom. The topological polar surface area (TPSA) is 35.5 Å². The Hall–Kier alpha value is -2.80. The number of para-hydroxylation sites is 1. The number of carbonyl (C=O) groups is 1. The predicted molar refractivity (Wildman–Crippen MR) is 111 cm³/mol. The van der Waals surface area contributed by atoms with Crippen molar-refractivity contribution >= 4 is 5.97 Å². The maximum Gasteiger partial charge on any atom is 0.343 e. The SMILES string of the molecule is CCC(C)(C#CC1CCCCC1)Oc1cc(C(=O)Oc2ccccc2)ccc1F. The molecule has 2 aromatic rings. The van der Waals surface area contributed by atoms with Crippen LogP contribution >= 0.6 is 0 Å². The van der Waals surface area contributed by atoms with Crippen molar-refractivity contribution in [1.29, 1.82) is 0 Å². The van der Waals surface area contributed by atoms with Gasteiger partial charge in [0.25, 0.3) is 0 Å². The third kappa shape index (κ3) is 5.84. The highest BCUT2D eigenvalue weighted by Crippen LogP contribution is 2.27. The molecule has 3 rings (SSSR count). The van der Waals surface area contributed by atoms with Gasteiger partial charge in [-0.3, -0.25) is 0 Å². The molecule has 0 aliphatic heterocycles. The first-order chi connectivity index (χ1) is 14.0. The maximum atomic E-state index is 14.4. The van der Waals surface area contributed by atoms with Gasteiger partial charge in [0.15, 0.2) is 17.2 Å². The summed E-state index contributed by atoms with van der Waals surface area (Å²) in [5, 5.41) is 0. The van der Waals surface area contributed by atoms with Gasteiger partial charge in [-0.2, -0.15) is 0 Å². The quantitative estimate of drug-likeness (QED) is 0.345. The normalized spacial score (nSPS) is 16.2. The maximum absolute atomic E-state index is 14.4. The minimum atomic E-state index is -0.819. The Morgan fingerprint density at radius 2 is 1.86 bits per heavy atom. The lowest BCUT2D eigenvalue weighted by Gasteiger charge is -2.25. The first-order valence-corrected chi connectivity index (χ1v) is 10.3. The van der Waals surface area contributed by atoms with Gasteiger partial charge in [-0.1, -0.05) is 56.2 Å². The molecule has 2 aromatic carbocycles. The van der Waals surface area contributed by atoms with E-state index in [2.05, 4.69) is 11.8 Å². The summed E-state index contributed by atoms with van der Waals surface area (Å²) in [7, 11) is 0. The third-order valence-electron chi connectivity index (χ3n) is 5.28. The zero-order valence-electron chi connectivity index (χ0n) is 17.0. The van der Waals surface area contributed by atoms with Crippen molar-refractivity contribution in [3.8, 4) is 23.3 Å². The molecule has 0 spiro atoms. The summed E-state index contributed by atoms with van der Waals surface area (Å²) in [5.74, 6) is 6.29. The highest BCUT2D eigenvalue weighted by molar-refractivity contribution is 5.91. The Balaban J connectivity index is 1.76. The number of rotatable bonds is 5. The Labute approximate surface area is 172 Å². The van der Waals surface area contributed by atoms with Crippen LogP contribution < -0.4 is 9.47 Å². The third-order valence-corrected chi connectivity index (χ3v) is 5.28. The summed E-state index contributed by atoms with van der Waals surface area (Å²) in [6.45, 7) is 3.82. The average Bonchev–Trinajstić information content (AvgIpc) is 2.75. The minimum absolute atomic E-state index is 0.00908. The Kier molecular flexibility index (Phi) is 6.93. The van der Waals surface area contributed by atoms with Crippen molar-refractivity contribution in [2.24, 2.45) is 5.92 Å². The summed E-state index contributed by atoms with van der Waals surface area (Å²) in [4.78, 5) is 12.4. The van der Waals surface area contributed by atoms with E-state index in [1.165, 1.54) is 37.5 Å². The molecule has 1 fully saturated rings. The molecule has 0 radical (unpaired) electrons. The standard InChI is InChI=1S/C25H27FO3/c1-3-25(2,17-16-19-10-6-4-7-11-19)29-23-18-20(14-15-22(23)26)24(27)28-21-12-8-5-9-13-21/h5,8-9,12-15,18-19H,3-4,6-7,10-11H2,1-2H3. The fraction of sp³-hybridized carbons (Fsp3) is 0.400. The van der Waals surface area contributed by atoms with Gasteiger partial charge in [0.2, 0.25) is 0 Å². The van der Waals surface area contributed by atoms with E-state index in [4.69, 9.17) is 9.47 Å². The van der Waals surface area contributed by atoms with E-state index in [9.17, 15) is 9.18 Å². The van der Waals surface area contributed by atoms with Crippen molar-refractivity contribution in [2.75, 3.05) is 0 Å². The number of hydrogen-bond acceptors (Lipinski definition) is 3. The van der Waals surface area contributed by atoms with Crippen LogP contribution in [0.25, 0.3) is 0 Å². The van der Waals surface area contributed by atoms with Gasteiger partial charge in [0.05, 0.1) is 5.56 Å². The molecule has 1 aliphatic rings. The largest absolute Gasteiger partial charge is 0.472 e. The second-order valence-corrected chi connectivity index (χ2v) is 7.64. The fourth-order valence-electron chi connectivity index (χ4n) is 3.29. The molecule has 29 heavy (non-hydrogen) atoms. The Bertz CT molecular complexity index is 891. The van der Waals surface area contributed by atoms with Crippen LogP contribution in [0.1, 0.15) is 62.7 Å². The molecular formula is C25H27FO3. The second kappa shape index (κ2) is 9.60. The average molecular weight is 394 g/mol. The zero-order valence-corrected chi connectivity index (χ0v) is 17.0. The highest BCUT2D eigenvalue weighted by Gasteiger charge is 2.24. The van der Waals surface area contributed by atoms with Crippen LogP contribution in [0, 0.1) is 23.6 Å². The lowest BCUT2D eigenvalue weighted by molar-refractivity contribution is 0.0732. The van der Waals surface area contributed by atoms with Crippen LogP contribution in [0.4, 0.5) is 4.39 Å². The molecule has 1 atom stereocenters. The smallest absolute Gasteiger partial charge is 0.343 e. The number of halogens is 1. The van der Waals surface area contributed by atoms with Gasteiger partial charge in [0.1, 0.15) is 5.75 Å². The van der Waals surface area contributed by atoms with E-state index < -0.39 is 17.4 Å². The van der Waals surface area contributed by atoms with Gasteiger partial charge in [-0.15, -0.1) is 0 Å². The molecule has 0 bridgehead atoms. The van der Waals surface area contributed by atoms with E-state index in [0.717, 1.165) is 12.8 Å². The zero-order chi connectivity index (χ0) is 20.7. The predicted octanol–water partition coefficient (Wildman–Crippen LogP) is 6.18. The van der Waals surface area contributed by atoms with Gasteiger partial charge in [-0.05, 0) is 56.5 Å². The van der Waals surface area contributed by atoms with E-state index >= 15 is 0 Å². The highest BCUT2D eigenvalue weighted by atomic mass is 19.1. The van der Waals surface area contributed by atoms with Crippen LogP contribution in [0.15, 0.2) is 48.5 Å². The van der Waals surface area contributed by atoms with Gasteiger partial charge < -0.3 is 9.47 Å². The van der Waals surface area contributed by atoms with Crippen LogP contribution in [0.3, 0.4) is 0 Å². The lowest BCUT2D eigenvalue weighted by Crippen LogP contribution is -2.30. The van der Waals surface area contributed by atoms with Gasteiger partial charge in [-0.25, -0.2) is 9.18 Å². The summed E-state index contributed by atoms with van der Waals surface area (Å²) in [6, 6.07) is 12.8.